The zero-order valence-electron chi connectivity index (χ0n) is 19.4. The third-order valence-electron chi connectivity index (χ3n) is 6.17. The summed E-state index contributed by atoms with van der Waals surface area (Å²) in [6.45, 7) is 5.75. The lowest BCUT2D eigenvalue weighted by Crippen LogP contribution is -2.25. The van der Waals surface area contributed by atoms with Crippen LogP contribution in [-0.2, 0) is 0 Å². The molecule has 9 heteroatoms. The maximum Gasteiger partial charge on any atom is 0.262 e. The van der Waals surface area contributed by atoms with Crippen molar-refractivity contribution in [2.24, 2.45) is 5.73 Å². The normalized spacial score (nSPS) is 14.9. The number of hydrogen-bond donors (Lipinski definition) is 1. The molecule has 35 heavy (non-hydrogen) atoms. The molecular weight excluding hydrogens is 484 g/mol. The van der Waals surface area contributed by atoms with Gasteiger partial charge in [0.1, 0.15) is 34.7 Å². The number of primary amides is 1. The molecule has 1 unspecified atom stereocenters. The number of ether oxygens (including phenoxy) is 2. The number of imidazole rings is 1. The van der Waals surface area contributed by atoms with E-state index in [1.165, 1.54) is 24.2 Å². The number of nitrogens with two attached hydrogens (primary N) is 1. The molecule has 0 bridgehead atoms. The monoisotopic (exact) mass is 510 g/mol. The van der Waals surface area contributed by atoms with Crippen LogP contribution < -0.4 is 15.2 Å². The molecule has 2 N–H and O–H groups in total. The lowest BCUT2D eigenvalue weighted by molar-refractivity contribution is 0.0998. The highest BCUT2D eigenvalue weighted by Crippen LogP contribution is 2.39. The van der Waals surface area contributed by atoms with Gasteiger partial charge in [-0.05, 0) is 51.1 Å². The number of pyridine rings is 1. The second-order valence-electron chi connectivity index (χ2n) is 8.58. The molecule has 1 aliphatic rings. The molecule has 7 nitrogen and oxygen atoms in total. The molecule has 1 aromatic carbocycles. The molecular formula is C26H27ClN4O3S. The lowest BCUT2D eigenvalue weighted by atomic mass is 10.1. The minimum Gasteiger partial charge on any atom is -0.491 e. The van der Waals surface area contributed by atoms with E-state index in [4.69, 9.17) is 26.8 Å². The van der Waals surface area contributed by atoms with E-state index in [9.17, 15) is 4.79 Å². The summed E-state index contributed by atoms with van der Waals surface area (Å²) in [6.07, 6.45) is 5.88. The van der Waals surface area contributed by atoms with Crippen molar-refractivity contribution in [3.8, 4) is 22.1 Å². The molecule has 1 fully saturated rings. The van der Waals surface area contributed by atoms with E-state index in [1.807, 2.05) is 60.0 Å². The number of likely N-dealkylation sites (tertiary alicyclic amines) is 1. The topological polar surface area (TPSA) is 82.1 Å². The molecule has 4 aromatic rings. The summed E-state index contributed by atoms with van der Waals surface area (Å²) in [7, 11) is 0. The number of carbonyl (C=O) groups excluding carboxylic acids is 1. The van der Waals surface area contributed by atoms with Gasteiger partial charge in [-0.15, -0.1) is 11.3 Å². The minimum absolute atomic E-state index is 0.354. The van der Waals surface area contributed by atoms with Crippen LogP contribution in [0.3, 0.4) is 0 Å². The highest BCUT2D eigenvalue weighted by Gasteiger charge is 2.21. The molecule has 182 valence electrons. The van der Waals surface area contributed by atoms with E-state index >= 15 is 0 Å². The van der Waals surface area contributed by atoms with Gasteiger partial charge in [-0.25, -0.2) is 4.98 Å². The van der Waals surface area contributed by atoms with Crippen LogP contribution in [0.1, 0.15) is 41.1 Å². The first kappa shape index (κ1) is 23.7. The van der Waals surface area contributed by atoms with Gasteiger partial charge in [0, 0.05) is 23.2 Å². The Bertz CT molecular complexity index is 1350. The van der Waals surface area contributed by atoms with Gasteiger partial charge < -0.3 is 15.2 Å². The van der Waals surface area contributed by atoms with E-state index < -0.39 is 5.91 Å². The summed E-state index contributed by atoms with van der Waals surface area (Å²) in [5, 5.41) is 0.607. The molecule has 1 atom stereocenters. The molecule has 0 radical (unpaired) electrons. The zero-order valence-corrected chi connectivity index (χ0v) is 21.0. The van der Waals surface area contributed by atoms with Gasteiger partial charge in [0.2, 0.25) is 0 Å². The molecule has 0 saturated carbocycles. The average molecular weight is 511 g/mol. The van der Waals surface area contributed by atoms with E-state index in [2.05, 4.69) is 9.88 Å². The van der Waals surface area contributed by atoms with Gasteiger partial charge in [0.15, 0.2) is 0 Å². The van der Waals surface area contributed by atoms with Crippen molar-refractivity contribution >= 4 is 34.5 Å². The number of halogens is 1. The Morgan fingerprint density at radius 3 is 2.80 bits per heavy atom. The predicted octanol–water partition coefficient (Wildman–Crippen LogP) is 5.43. The van der Waals surface area contributed by atoms with E-state index in [-0.39, 0.29) is 6.10 Å². The van der Waals surface area contributed by atoms with Crippen LogP contribution in [0, 0.1) is 0 Å². The Labute approximate surface area is 213 Å². The fraction of sp³-hybridized carbons (Fsp3) is 0.308. The van der Waals surface area contributed by atoms with Crippen LogP contribution in [0.4, 0.5) is 0 Å². The number of aromatic nitrogens is 2. The quantitative estimate of drug-likeness (QED) is 0.324. The summed E-state index contributed by atoms with van der Waals surface area (Å²) in [6, 6.07) is 13.2. The van der Waals surface area contributed by atoms with Crippen LogP contribution in [0.15, 0.2) is 54.9 Å². The van der Waals surface area contributed by atoms with Crippen molar-refractivity contribution in [3.05, 3.63) is 70.3 Å². The minimum atomic E-state index is -0.539. The lowest BCUT2D eigenvalue weighted by Gasteiger charge is -2.16. The summed E-state index contributed by atoms with van der Waals surface area (Å²) in [4.78, 5) is 20.3. The molecule has 3 aromatic heterocycles. The Morgan fingerprint density at radius 2 is 2.03 bits per heavy atom. The molecule has 5 rings (SSSR count). The summed E-state index contributed by atoms with van der Waals surface area (Å²) in [5.41, 5.74) is 8.14. The van der Waals surface area contributed by atoms with E-state index in [0.29, 0.717) is 22.3 Å². The Morgan fingerprint density at radius 1 is 1.23 bits per heavy atom. The van der Waals surface area contributed by atoms with Crippen LogP contribution >= 0.6 is 22.9 Å². The Balaban J connectivity index is 1.39. The summed E-state index contributed by atoms with van der Waals surface area (Å²) < 4.78 is 14.1. The zero-order chi connectivity index (χ0) is 24.4. The number of fused-ring (bicyclic) bond motifs is 1. The third-order valence-corrected chi connectivity index (χ3v) is 7.67. The van der Waals surface area contributed by atoms with Crippen molar-refractivity contribution in [3.63, 3.8) is 0 Å². The summed E-state index contributed by atoms with van der Waals surface area (Å²) >= 11 is 7.61. The predicted molar refractivity (Wildman–Crippen MR) is 139 cm³/mol. The Hall–Kier alpha value is -3.07. The highest BCUT2D eigenvalue weighted by atomic mass is 35.5. The molecule has 1 aliphatic heterocycles. The van der Waals surface area contributed by atoms with Crippen molar-refractivity contribution < 1.29 is 14.3 Å². The number of nitrogens with zero attached hydrogens (tertiary/aromatic N) is 3. The van der Waals surface area contributed by atoms with Crippen molar-refractivity contribution in [2.45, 2.75) is 25.9 Å². The third kappa shape index (κ3) is 5.15. The maximum atomic E-state index is 12.2. The molecule has 0 spiro atoms. The van der Waals surface area contributed by atoms with Crippen LogP contribution in [0.5, 0.6) is 11.5 Å². The summed E-state index contributed by atoms with van der Waals surface area (Å²) in [5.74, 6) is 0.659. The highest BCUT2D eigenvalue weighted by molar-refractivity contribution is 7.17. The van der Waals surface area contributed by atoms with Gasteiger partial charge in [-0.2, -0.15) is 0 Å². The van der Waals surface area contributed by atoms with Crippen LogP contribution in [-0.4, -0.2) is 46.4 Å². The second kappa shape index (κ2) is 10.3. The molecule has 4 heterocycles. The van der Waals surface area contributed by atoms with E-state index in [0.717, 1.165) is 47.2 Å². The first-order valence-electron chi connectivity index (χ1n) is 11.7. The molecule has 0 aliphatic carbocycles. The van der Waals surface area contributed by atoms with Crippen LogP contribution in [0.25, 0.3) is 16.2 Å². The largest absolute Gasteiger partial charge is 0.491 e. The van der Waals surface area contributed by atoms with Gasteiger partial charge >= 0.3 is 0 Å². The molecule has 1 amide bonds. The van der Waals surface area contributed by atoms with Gasteiger partial charge in [-0.1, -0.05) is 29.8 Å². The van der Waals surface area contributed by atoms with Gasteiger partial charge in [0.05, 0.1) is 23.0 Å². The van der Waals surface area contributed by atoms with E-state index in [1.54, 1.807) is 6.20 Å². The smallest absolute Gasteiger partial charge is 0.262 e. The van der Waals surface area contributed by atoms with Crippen molar-refractivity contribution in [1.29, 1.82) is 0 Å². The number of amides is 1. The van der Waals surface area contributed by atoms with Gasteiger partial charge in [-0.3, -0.25) is 14.1 Å². The fourth-order valence-corrected chi connectivity index (χ4v) is 5.59. The standard InChI is InChI=1S/C26H27ClN4O3S/c1-17(19-6-2-3-7-20(19)27)34-22-14-23(35-25(22)26(28)32)21-15-29-24-9-8-18(16-31(21)24)33-13-12-30-10-4-5-11-30/h2-3,6-9,14-17H,4-5,10-13H2,1H3,(H2,28,32). The molecule has 1 saturated heterocycles. The first-order chi connectivity index (χ1) is 17.0. The average Bonchev–Trinajstić information content (AvgIpc) is 3.59. The van der Waals surface area contributed by atoms with Gasteiger partial charge in [0.25, 0.3) is 5.91 Å². The fourth-order valence-electron chi connectivity index (χ4n) is 4.35. The number of carbonyl (C=O) groups is 1. The second-order valence-corrected chi connectivity index (χ2v) is 10.0. The maximum absolute atomic E-state index is 12.2. The van der Waals surface area contributed by atoms with Crippen molar-refractivity contribution in [1.82, 2.24) is 14.3 Å². The first-order valence-corrected chi connectivity index (χ1v) is 12.9. The SMILES string of the molecule is CC(Oc1cc(-c2cnc3ccc(OCCN4CCCC4)cn23)sc1C(N)=O)c1ccccc1Cl. The van der Waals surface area contributed by atoms with Crippen LogP contribution in [0.2, 0.25) is 5.02 Å². The number of benzene rings is 1. The number of thiophene rings is 1. The number of hydrogen-bond acceptors (Lipinski definition) is 6. The van der Waals surface area contributed by atoms with Crippen molar-refractivity contribution in [2.75, 3.05) is 26.2 Å². The number of rotatable bonds is 9. The Kier molecular flexibility index (Phi) is 6.95.